The molecule has 0 bridgehead atoms. The minimum Gasteiger partial charge on any atom is -0.494 e. The lowest BCUT2D eigenvalue weighted by molar-refractivity contribution is -0.114. The summed E-state index contributed by atoms with van der Waals surface area (Å²) < 4.78 is 34.7. The lowest BCUT2D eigenvalue weighted by Gasteiger charge is -2.09. The Morgan fingerprint density at radius 2 is 1.57 bits per heavy atom. The molecule has 7 heteroatoms. The second-order valence-corrected chi connectivity index (χ2v) is 6.19. The summed E-state index contributed by atoms with van der Waals surface area (Å²) in [6.07, 6.45) is 0. The summed E-state index contributed by atoms with van der Waals surface area (Å²) in [6, 6.07) is 12.0. The number of benzene rings is 2. The normalized spacial score (nSPS) is 10.9. The largest absolute Gasteiger partial charge is 0.494 e. The first-order valence-corrected chi connectivity index (χ1v) is 8.36. The number of hydrogen-bond donors (Lipinski definition) is 1. The van der Waals surface area contributed by atoms with Gasteiger partial charge in [0.2, 0.25) is 5.91 Å². The molecule has 2 rings (SSSR count). The number of ether oxygens (including phenoxy) is 1. The van der Waals surface area contributed by atoms with Gasteiger partial charge in [-0.25, -0.2) is 0 Å². The second-order valence-electron chi connectivity index (χ2n) is 4.65. The van der Waals surface area contributed by atoms with E-state index in [1.165, 1.54) is 31.2 Å². The zero-order valence-electron chi connectivity index (χ0n) is 12.8. The van der Waals surface area contributed by atoms with Gasteiger partial charge in [-0.2, -0.15) is 8.42 Å². The van der Waals surface area contributed by atoms with Crippen LogP contribution in [0.5, 0.6) is 11.5 Å². The Hall–Kier alpha value is -2.54. The van der Waals surface area contributed by atoms with Gasteiger partial charge >= 0.3 is 10.1 Å². The van der Waals surface area contributed by atoms with E-state index in [1.54, 1.807) is 24.3 Å². The lowest BCUT2D eigenvalue weighted by Crippen LogP contribution is -2.10. The highest BCUT2D eigenvalue weighted by Crippen LogP contribution is 2.22. The average Bonchev–Trinajstić information content (AvgIpc) is 2.49. The zero-order chi connectivity index (χ0) is 16.9. The Morgan fingerprint density at radius 3 is 2.09 bits per heavy atom. The van der Waals surface area contributed by atoms with Gasteiger partial charge in [-0.3, -0.25) is 4.79 Å². The summed E-state index contributed by atoms with van der Waals surface area (Å²) in [6.45, 7) is 3.74. The Morgan fingerprint density at radius 1 is 1.00 bits per heavy atom. The molecule has 0 aromatic heterocycles. The van der Waals surface area contributed by atoms with Gasteiger partial charge in [-0.15, -0.1) is 0 Å². The number of carbonyl (C=O) groups excluding carboxylic acids is 1. The Labute approximate surface area is 135 Å². The van der Waals surface area contributed by atoms with E-state index < -0.39 is 10.1 Å². The van der Waals surface area contributed by atoms with E-state index in [0.29, 0.717) is 18.0 Å². The van der Waals surface area contributed by atoms with Crippen molar-refractivity contribution in [2.75, 3.05) is 11.9 Å². The van der Waals surface area contributed by atoms with Gasteiger partial charge in [0.1, 0.15) is 16.4 Å². The molecular formula is C16H17NO5S. The van der Waals surface area contributed by atoms with Gasteiger partial charge in [0, 0.05) is 12.6 Å². The van der Waals surface area contributed by atoms with E-state index in [9.17, 15) is 13.2 Å². The van der Waals surface area contributed by atoms with Gasteiger partial charge in [0.05, 0.1) is 6.61 Å². The summed E-state index contributed by atoms with van der Waals surface area (Å²) in [4.78, 5) is 11.0. The molecular weight excluding hydrogens is 318 g/mol. The molecule has 0 aliphatic rings. The van der Waals surface area contributed by atoms with Gasteiger partial charge in [0.15, 0.2) is 0 Å². The van der Waals surface area contributed by atoms with Crippen molar-refractivity contribution in [1.29, 1.82) is 0 Å². The molecule has 2 aromatic carbocycles. The predicted octanol–water partition coefficient (Wildman–Crippen LogP) is 2.81. The van der Waals surface area contributed by atoms with Crippen LogP contribution in [0.25, 0.3) is 0 Å². The molecule has 6 nitrogen and oxygen atoms in total. The Bertz CT molecular complexity index is 767. The number of amides is 1. The van der Waals surface area contributed by atoms with Crippen molar-refractivity contribution in [2.24, 2.45) is 0 Å². The third kappa shape index (κ3) is 4.72. The van der Waals surface area contributed by atoms with E-state index in [4.69, 9.17) is 8.92 Å². The fourth-order valence-electron chi connectivity index (χ4n) is 1.84. The minimum absolute atomic E-state index is 0.0342. The zero-order valence-corrected chi connectivity index (χ0v) is 13.6. The van der Waals surface area contributed by atoms with Crippen molar-refractivity contribution >= 4 is 21.7 Å². The highest BCUT2D eigenvalue weighted by Gasteiger charge is 2.16. The van der Waals surface area contributed by atoms with Crippen molar-refractivity contribution in [3.05, 3.63) is 48.5 Å². The van der Waals surface area contributed by atoms with Crippen molar-refractivity contribution in [1.82, 2.24) is 0 Å². The van der Waals surface area contributed by atoms with Crippen LogP contribution < -0.4 is 14.2 Å². The van der Waals surface area contributed by atoms with Crippen LogP contribution in [-0.2, 0) is 14.9 Å². The van der Waals surface area contributed by atoms with E-state index in [2.05, 4.69) is 5.32 Å². The highest BCUT2D eigenvalue weighted by molar-refractivity contribution is 7.87. The second kappa shape index (κ2) is 7.15. The third-order valence-corrected chi connectivity index (χ3v) is 4.07. The van der Waals surface area contributed by atoms with Gasteiger partial charge in [-0.1, -0.05) is 0 Å². The molecule has 0 unspecified atom stereocenters. The van der Waals surface area contributed by atoms with Crippen LogP contribution in [-0.4, -0.2) is 20.9 Å². The molecule has 0 fully saturated rings. The number of anilines is 1. The van der Waals surface area contributed by atoms with Crippen LogP contribution in [0, 0.1) is 0 Å². The van der Waals surface area contributed by atoms with Crippen LogP contribution in [0.1, 0.15) is 13.8 Å². The van der Waals surface area contributed by atoms with Crippen molar-refractivity contribution in [3.63, 3.8) is 0 Å². The van der Waals surface area contributed by atoms with Crippen molar-refractivity contribution in [3.8, 4) is 11.5 Å². The predicted molar refractivity (Wildman–Crippen MR) is 86.2 cm³/mol. The molecule has 2 aromatic rings. The van der Waals surface area contributed by atoms with Gasteiger partial charge in [-0.05, 0) is 55.5 Å². The van der Waals surface area contributed by atoms with Crippen LogP contribution in [0.15, 0.2) is 53.4 Å². The van der Waals surface area contributed by atoms with Crippen LogP contribution in [0.4, 0.5) is 5.69 Å². The molecule has 0 spiro atoms. The number of hydrogen-bond acceptors (Lipinski definition) is 5. The maximum atomic E-state index is 12.2. The summed E-state index contributed by atoms with van der Waals surface area (Å²) in [5.41, 5.74) is 0.559. The maximum absolute atomic E-state index is 12.2. The molecule has 1 N–H and O–H groups in total. The Kier molecular flexibility index (Phi) is 5.23. The summed E-state index contributed by atoms with van der Waals surface area (Å²) in [5, 5.41) is 2.59. The summed E-state index contributed by atoms with van der Waals surface area (Å²) in [5.74, 6) is 0.541. The summed E-state index contributed by atoms with van der Waals surface area (Å²) >= 11 is 0. The van der Waals surface area contributed by atoms with Crippen molar-refractivity contribution in [2.45, 2.75) is 18.7 Å². The maximum Gasteiger partial charge on any atom is 0.339 e. The van der Waals surface area contributed by atoms with Crippen LogP contribution in [0.3, 0.4) is 0 Å². The molecule has 0 radical (unpaired) electrons. The van der Waals surface area contributed by atoms with E-state index >= 15 is 0 Å². The minimum atomic E-state index is -3.92. The lowest BCUT2D eigenvalue weighted by atomic mass is 10.3. The van der Waals surface area contributed by atoms with Crippen molar-refractivity contribution < 1.29 is 22.1 Å². The third-order valence-electron chi connectivity index (χ3n) is 2.80. The molecule has 0 aliphatic heterocycles. The van der Waals surface area contributed by atoms with Crippen LogP contribution in [0.2, 0.25) is 0 Å². The molecule has 0 heterocycles. The van der Waals surface area contributed by atoms with Gasteiger partial charge < -0.3 is 14.2 Å². The van der Waals surface area contributed by atoms with E-state index in [1.807, 2.05) is 6.92 Å². The SMILES string of the molecule is CCOc1ccc(S(=O)(=O)Oc2ccc(NC(C)=O)cc2)cc1. The number of rotatable bonds is 6. The summed E-state index contributed by atoms with van der Waals surface area (Å²) in [7, 11) is -3.92. The fourth-order valence-corrected chi connectivity index (χ4v) is 2.77. The molecule has 0 atom stereocenters. The molecule has 1 amide bonds. The monoisotopic (exact) mass is 335 g/mol. The number of carbonyl (C=O) groups is 1. The molecule has 0 aliphatic carbocycles. The standard InChI is InChI=1S/C16H17NO5S/c1-3-21-14-8-10-16(11-9-14)23(19,20)22-15-6-4-13(5-7-15)17-12(2)18/h4-11H,3H2,1-2H3,(H,17,18). The number of nitrogens with one attached hydrogen (secondary N) is 1. The average molecular weight is 335 g/mol. The first kappa shape index (κ1) is 16.8. The highest BCUT2D eigenvalue weighted by atomic mass is 32.2. The molecule has 0 saturated heterocycles. The molecule has 23 heavy (non-hydrogen) atoms. The fraction of sp³-hybridized carbons (Fsp3) is 0.188. The smallest absolute Gasteiger partial charge is 0.339 e. The Balaban J connectivity index is 2.12. The first-order valence-electron chi connectivity index (χ1n) is 6.96. The quantitative estimate of drug-likeness (QED) is 0.821. The molecule has 122 valence electrons. The van der Waals surface area contributed by atoms with E-state index in [0.717, 1.165) is 0 Å². The first-order chi connectivity index (χ1) is 10.9. The topological polar surface area (TPSA) is 81.7 Å². The van der Waals surface area contributed by atoms with Gasteiger partial charge in [0.25, 0.3) is 0 Å². The van der Waals surface area contributed by atoms with E-state index in [-0.39, 0.29) is 16.6 Å². The molecule has 0 saturated carbocycles. The van der Waals surface area contributed by atoms with Crippen LogP contribution >= 0.6 is 0 Å².